The fourth-order valence-electron chi connectivity index (χ4n) is 2.63. The van der Waals surface area contributed by atoms with Gasteiger partial charge < -0.3 is 20.5 Å². The van der Waals surface area contributed by atoms with Crippen molar-refractivity contribution in [3.63, 3.8) is 0 Å². The number of hydrogen-bond donors (Lipinski definition) is 2. The molecule has 0 saturated carbocycles. The average molecular weight is 285 g/mol. The molecule has 0 atom stereocenters. The summed E-state index contributed by atoms with van der Waals surface area (Å²) in [7, 11) is 0. The van der Waals surface area contributed by atoms with Gasteiger partial charge in [0, 0.05) is 37.6 Å². The van der Waals surface area contributed by atoms with Gasteiger partial charge in [-0.2, -0.15) is 0 Å². The number of hydrogen-bond acceptors (Lipinski definition) is 4. The minimum absolute atomic E-state index is 0.0927. The number of carbonyl (C=O) groups is 1. The lowest BCUT2D eigenvalue weighted by molar-refractivity contribution is 0.0956. The van der Waals surface area contributed by atoms with Gasteiger partial charge in [0.2, 0.25) is 0 Å². The first-order chi connectivity index (χ1) is 10.2. The number of fused-ring (bicyclic) bond motifs is 1. The molecule has 2 aromatic rings. The second kappa shape index (κ2) is 5.47. The Morgan fingerprint density at radius 3 is 3.05 bits per heavy atom. The zero-order valence-corrected chi connectivity index (χ0v) is 12.0. The van der Waals surface area contributed by atoms with Crippen LogP contribution >= 0.6 is 0 Å². The van der Waals surface area contributed by atoms with Crippen molar-refractivity contribution in [2.45, 2.75) is 20.0 Å². The molecule has 21 heavy (non-hydrogen) atoms. The van der Waals surface area contributed by atoms with Crippen molar-refractivity contribution in [3.8, 4) is 0 Å². The summed E-state index contributed by atoms with van der Waals surface area (Å²) < 4.78 is 2.15. The molecule has 0 bridgehead atoms. The summed E-state index contributed by atoms with van der Waals surface area (Å²) in [6.45, 7) is 5.01. The van der Waals surface area contributed by atoms with Crippen molar-refractivity contribution in [3.05, 3.63) is 42.0 Å². The van der Waals surface area contributed by atoms with Gasteiger partial charge in [-0.05, 0) is 25.1 Å². The van der Waals surface area contributed by atoms with E-state index in [0.29, 0.717) is 17.8 Å². The first kappa shape index (κ1) is 13.5. The van der Waals surface area contributed by atoms with Gasteiger partial charge in [-0.1, -0.05) is 0 Å². The smallest absolute Gasteiger partial charge is 0.251 e. The van der Waals surface area contributed by atoms with Crippen LogP contribution in [0.25, 0.3) is 0 Å². The summed E-state index contributed by atoms with van der Waals surface area (Å²) in [5.74, 6) is 0.943. The van der Waals surface area contributed by atoms with E-state index >= 15 is 0 Å². The third-order valence-corrected chi connectivity index (χ3v) is 3.71. The molecule has 6 nitrogen and oxygen atoms in total. The molecule has 1 amide bonds. The summed E-state index contributed by atoms with van der Waals surface area (Å²) in [5, 5.41) is 2.78. The minimum atomic E-state index is -0.0927. The number of benzene rings is 1. The van der Waals surface area contributed by atoms with Crippen molar-refractivity contribution in [1.82, 2.24) is 14.9 Å². The third kappa shape index (κ3) is 2.56. The molecule has 3 rings (SSSR count). The molecule has 1 aromatic carbocycles. The topological polar surface area (TPSA) is 76.2 Å². The number of nitrogens with zero attached hydrogens (tertiary/aromatic N) is 3. The highest BCUT2D eigenvalue weighted by atomic mass is 16.1. The summed E-state index contributed by atoms with van der Waals surface area (Å²) in [4.78, 5) is 18.4. The van der Waals surface area contributed by atoms with Gasteiger partial charge in [0.1, 0.15) is 5.82 Å². The van der Waals surface area contributed by atoms with Crippen LogP contribution in [-0.2, 0) is 13.1 Å². The minimum Gasteiger partial charge on any atom is -0.397 e. The maximum atomic E-state index is 11.8. The van der Waals surface area contributed by atoms with E-state index in [0.717, 1.165) is 31.1 Å². The molecule has 6 heteroatoms. The molecule has 0 radical (unpaired) electrons. The Kier molecular flexibility index (Phi) is 3.51. The van der Waals surface area contributed by atoms with Crippen LogP contribution in [0.5, 0.6) is 0 Å². The molecule has 1 aromatic heterocycles. The van der Waals surface area contributed by atoms with E-state index in [1.165, 1.54) is 0 Å². The van der Waals surface area contributed by atoms with Gasteiger partial charge in [0.25, 0.3) is 5.91 Å². The Balaban J connectivity index is 1.82. The van der Waals surface area contributed by atoms with Crippen molar-refractivity contribution >= 4 is 17.3 Å². The van der Waals surface area contributed by atoms with Gasteiger partial charge in [-0.25, -0.2) is 4.98 Å². The zero-order chi connectivity index (χ0) is 14.8. The molecule has 0 aliphatic carbocycles. The van der Waals surface area contributed by atoms with E-state index in [-0.39, 0.29) is 5.91 Å². The Hall–Kier alpha value is -2.50. The van der Waals surface area contributed by atoms with Gasteiger partial charge in [-0.3, -0.25) is 4.79 Å². The van der Waals surface area contributed by atoms with Gasteiger partial charge >= 0.3 is 0 Å². The van der Waals surface area contributed by atoms with Crippen LogP contribution in [0, 0.1) is 0 Å². The Labute approximate surface area is 123 Å². The maximum Gasteiger partial charge on any atom is 0.251 e. The van der Waals surface area contributed by atoms with Crippen molar-refractivity contribution in [1.29, 1.82) is 0 Å². The molecule has 3 N–H and O–H groups in total. The molecule has 0 unspecified atom stereocenters. The van der Waals surface area contributed by atoms with Crippen LogP contribution in [0.1, 0.15) is 23.1 Å². The number of aromatic nitrogens is 2. The summed E-state index contributed by atoms with van der Waals surface area (Å²) in [5.41, 5.74) is 8.31. The van der Waals surface area contributed by atoms with Crippen LogP contribution in [0.3, 0.4) is 0 Å². The van der Waals surface area contributed by atoms with Gasteiger partial charge in [0.05, 0.1) is 17.9 Å². The Morgan fingerprint density at radius 2 is 2.29 bits per heavy atom. The van der Waals surface area contributed by atoms with E-state index in [1.807, 2.05) is 31.5 Å². The number of carbonyl (C=O) groups excluding carboxylic acids is 1. The lowest BCUT2D eigenvalue weighted by Crippen LogP contribution is -2.34. The van der Waals surface area contributed by atoms with Gasteiger partial charge in [0.15, 0.2) is 0 Å². The molecular formula is C15H19N5O. The SMILES string of the molecule is CCNC(=O)c1ccc(N2CCn3ccnc3C2)c(N)c1. The predicted molar refractivity (Wildman–Crippen MR) is 82.1 cm³/mol. The summed E-state index contributed by atoms with van der Waals surface area (Å²) >= 11 is 0. The van der Waals surface area contributed by atoms with Crippen LogP contribution in [0.15, 0.2) is 30.6 Å². The highest BCUT2D eigenvalue weighted by molar-refractivity contribution is 5.96. The van der Waals surface area contributed by atoms with Crippen LogP contribution in [-0.4, -0.2) is 28.5 Å². The highest BCUT2D eigenvalue weighted by Crippen LogP contribution is 2.27. The number of nitrogen functional groups attached to an aromatic ring is 1. The van der Waals surface area contributed by atoms with Crippen LogP contribution < -0.4 is 16.0 Å². The number of nitrogens with two attached hydrogens (primary N) is 1. The van der Waals surface area contributed by atoms with E-state index in [2.05, 4.69) is 19.8 Å². The van der Waals surface area contributed by atoms with E-state index in [1.54, 1.807) is 6.07 Å². The molecular weight excluding hydrogens is 266 g/mol. The molecule has 0 saturated heterocycles. The summed E-state index contributed by atoms with van der Waals surface area (Å²) in [6.07, 6.45) is 3.81. The van der Waals surface area contributed by atoms with Gasteiger partial charge in [-0.15, -0.1) is 0 Å². The lowest BCUT2D eigenvalue weighted by Gasteiger charge is -2.30. The molecule has 0 spiro atoms. The quantitative estimate of drug-likeness (QED) is 0.832. The maximum absolute atomic E-state index is 11.8. The van der Waals surface area contributed by atoms with Crippen molar-refractivity contribution < 1.29 is 4.79 Å². The third-order valence-electron chi connectivity index (χ3n) is 3.71. The first-order valence-corrected chi connectivity index (χ1v) is 7.11. The van der Waals surface area contributed by atoms with Crippen LogP contribution in [0.4, 0.5) is 11.4 Å². The fraction of sp³-hybridized carbons (Fsp3) is 0.333. The molecule has 1 aliphatic heterocycles. The van der Waals surface area contributed by atoms with E-state index in [4.69, 9.17) is 5.73 Å². The number of anilines is 2. The van der Waals surface area contributed by atoms with Crippen molar-refractivity contribution in [2.24, 2.45) is 0 Å². The average Bonchev–Trinajstić information content (AvgIpc) is 2.94. The summed E-state index contributed by atoms with van der Waals surface area (Å²) in [6, 6.07) is 5.47. The monoisotopic (exact) mass is 285 g/mol. The predicted octanol–water partition coefficient (Wildman–Crippen LogP) is 1.24. The standard InChI is InChI=1S/C15H19N5O/c1-2-17-15(21)11-3-4-13(12(16)9-11)20-8-7-19-6-5-18-14(19)10-20/h3-6,9H,2,7-8,10,16H2,1H3,(H,17,21). The van der Waals surface area contributed by atoms with Crippen LogP contribution in [0.2, 0.25) is 0 Å². The second-order valence-electron chi connectivity index (χ2n) is 5.09. The Morgan fingerprint density at radius 1 is 1.43 bits per heavy atom. The van der Waals surface area contributed by atoms with E-state index in [9.17, 15) is 4.79 Å². The fourth-order valence-corrected chi connectivity index (χ4v) is 2.63. The zero-order valence-electron chi connectivity index (χ0n) is 12.0. The molecule has 110 valence electrons. The van der Waals surface area contributed by atoms with E-state index < -0.39 is 0 Å². The second-order valence-corrected chi connectivity index (χ2v) is 5.09. The largest absolute Gasteiger partial charge is 0.397 e. The highest BCUT2D eigenvalue weighted by Gasteiger charge is 2.19. The molecule has 1 aliphatic rings. The number of rotatable bonds is 3. The lowest BCUT2D eigenvalue weighted by atomic mass is 10.1. The van der Waals surface area contributed by atoms with Crippen molar-refractivity contribution in [2.75, 3.05) is 23.7 Å². The Bertz CT molecular complexity index is 664. The first-order valence-electron chi connectivity index (χ1n) is 7.11. The number of imidazole rings is 1. The molecule has 2 heterocycles. The molecule has 0 fully saturated rings. The number of nitrogens with one attached hydrogen (secondary N) is 1. The normalized spacial score (nSPS) is 13.9. The number of amides is 1.